The standard InChI is InChI=1S/C11H12ClN3/c1-8(15-11-6-13-14-7-11)9-2-4-10(12)5-3-9/h2-8,15H,1H3,(H,13,14). The molecule has 0 radical (unpaired) electrons. The Balaban J connectivity index is 2.08. The van der Waals surface area contributed by atoms with E-state index in [4.69, 9.17) is 11.6 Å². The van der Waals surface area contributed by atoms with Crippen LogP contribution in [0.4, 0.5) is 5.69 Å². The largest absolute Gasteiger partial charge is 0.376 e. The monoisotopic (exact) mass is 221 g/mol. The molecule has 0 aliphatic heterocycles. The summed E-state index contributed by atoms with van der Waals surface area (Å²) in [6.07, 6.45) is 3.58. The van der Waals surface area contributed by atoms with E-state index in [9.17, 15) is 0 Å². The zero-order valence-electron chi connectivity index (χ0n) is 8.37. The average molecular weight is 222 g/mol. The molecule has 0 bridgehead atoms. The summed E-state index contributed by atoms with van der Waals surface area (Å²) >= 11 is 5.82. The minimum atomic E-state index is 0.236. The van der Waals surface area contributed by atoms with Gasteiger partial charge in [0.15, 0.2) is 0 Å². The highest BCUT2D eigenvalue weighted by Gasteiger charge is 2.04. The maximum absolute atomic E-state index is 5.82. The molecule has 2 rings (SSSR count). The van der Waals surface area contributed by atoms with Crippen LogP contribution in [0, 0.1) is 0 Å². The van der Waals surface area contributed by atoms with E-state index in [1.165, 1.54) is 5.56 Å². The number of hydrogen-bond donors (Lipinski definition) is 2. The third-order valence-electron chi connectivity index (χ3n) is 2.25. The lowest BCUT2D eigenvalue weighted by Gasteiger charge is -2.13. The van der Waals surface area contributed by atoms with Crippen LogP contribution in [0.15, 0.2) is 36.7 Å². The molecule has 1 aromatic heterocycles. The maximum Gasteiger partial charge on any atom is 0.0728 e. The number of rotatable bonds is 3. The Kier molecular flexibility index (Phi) is 2.92. The van der Waals surface area contributed by atoms with Gasteiger partial charge in [0, 0.05) is 17.3 Å². The summed E-state index contributed by atoms with van der Waals surface area (Å²) in [5, 5.41) is 10.7. The van der Waals surface area contributed by atoms with E-state index in [2.05, 4.69) is 22.4 Å². The SMILES string of the molecule is CC(Nc1cn[nH]c1)c1ccc(Cl)cc1. The number of aromatic nitrogens is 2. The maximum atomic E-state index is 5.82. The van der Waals surface area contributed by atoms with Gasteiger partial charge in [-0.2, -0.15) is 5.10 Å². The van der Waals surface area contributed by atoms with Crippen molar-refractivity contribution in [1.82, 2.24) is 10.2 Å². The lowest BCUT2D eigenvalue weighted by atomic mass is 10.1. The minimum absolute atomic E-state index is 0.236. The molecule has 0 aliphatic carbocycles. The number of nitrogens with one attached hydrogen (secondary N) is 2. The molecule has 2 aromatic rings. The molecule has 78 valence electrons. The third kappa shape index (κ3) is 2.50. The molecule has 2 N–H and O–H groups in total. The van der Waals surface area contributed by atoms with Crippen molar-refractivity contribution in [3.63, 3.8) is 0 Å². The molecule has 15 heavy (non-hydrogen) atoms. The van der Waals surface area contributed by atoms with Crippen molar-refractivity contribution < 1.29 is 0 Å². The van der Waals surface area contributed by atoms with Crippen LogP contribution in [0.5, 0.6) is 0 Å². The Morgan fingerprint density at radius 1 is 1.33 bits per heavy atom. The summed E-state index contributed by atoms with van der Waals surface area (Å²) in [6, 6.07) is 8.05. The Bertz CT molecular complexity index is 408. The molecule has 4 heteroatoms. The van der Waals surface area contributed by atoms with Gasteiger partial charge in [-0.15, -0.1) is 0 Å². The highest BCUT2D eigenvalue weighted by molar-refractivity contribution is 6.30. The molecule has 3 nitrogen and oxygen atoms in total. The first kappa shape index (κ1) is 10.1. The lowest BCUT2D eigenvalue weighted by molar-refractivity contribution is 0.885. The fourth-order valence-electron chi connectivity index (χ4n) is 1.41. The normalized spacial score (nSPS) is 12.4. The third-order valence-corrected chi connectivity index (χ3v) is 2.50. The fraction of sp³-hybridized carbons (Fsp3) is 0.182. The predicted octanol–water partition coefficient (Wildman–Crippen LogP) is 3.24. The zero-order valence-corrected chi connectivity index (χ0v) is 9.12. The first-order valence-electron chi connectivity index (χ1n) is 4.76. The Hall–Kier alpha value is -1.48. The van der Waals surface area contributed by atoms with Gasteiger partial charge < -0.3 is 5.32 Å². The summed E-state index contributed by atoms with van der Waals surface area (Å²) in [4.78, 5) is 0. The van der Waals surface area contributed by atoms with Gasteiger partial charge in [0.05, 0.1) is 11.9 Å². The number of H-pyrrole nitrogens is 1. The second-order valence-corrected chi connectivity index (χ2v) is 3.84. The van der Waals surface area contributed by atoms with Gasteiger partial charge in [-0.1, -0.05) is 23.7 Å². The molecule has 0 saturated heterocycles. The number of benzene rings is 1. The number of nitrogens with zero attached hydrogens (tertiary/aromatic N) is 1. The Morgan fingerprint density at radius 3 is 2.67 bits per heavy atom. The van der Waals surface area contributed by atoms with E-state index in [0.717, 1.165) is 10.7 Å². The molecule has 1 heterocycles. The highest BCUT2D eigenvalue weighted by Crippen LogP contribution is 2.19. The van der Waals surface area contributed by atoms with E-state index in [1.807, 2.05) is 30.5 Å². The first-order valence-corrected chi connectivity index (χ1v) is 5.14. The molecule has 0 amide bonds. The predicted molar refractivity (Wildman–Crippen MR) is 62.1 cm³/mol. The summed E-state index contributed by atoms with van der Waals surface area (Å²) < 4.78 is 0. The second kappa shape index (κ2) is 4.36. The van der Waals surface area contributed by atoms with Gasteiger partial charge in [0.25, 0.3) is 0 Å². The molecule has 1 unspecified atom stereocenters. The van der Waals surface area contributed by atoms with E-state index < -0.39 is 0 Å². The van der Waals surface area contributed by atoms with Crippen LogP contribution in [0.25, 0.3) is 0 Å². The van der Waals surface area contributed by atoms with Crippen molar-refractivity contribution in [1.29, 1.82) is 0 Å². The molecular formula is C11H12ClN3. The Morgan fingerprint density at radius 2 is 2.07 bits per heavy atom. The number of aromatic amines is 1. The van der Waals surface area contributed by atoms with Crippen LogP contribution in [-0.2, 0) is 0 Å². The second-order valence-electron chi connectivity index (χ2n) is 3.40. The van der Waals surface area contributed by atoms with Crippen molar-refractivity contribution in [3.05, 3.63) is 47.2 Å². The first-order chi connectivity index (χ1) is 7.25. The van der Waals surface area contributed by atoms with Crippen molar-refractivity contribution in [2.45, 2.75) is 13.0 Å². The molecule has 0 aliphatic rings. The molecular weight excluding hydrogens is 210 g/mol. The summed E-state index contributed by atoms with van der Waals surface area (Å²) in [5.74, 6) is 0. The molecule has 0 spiro atoms. The number of halogens is 1. The van der Waals surface area contributed by atoms with Crippen LogP contribution in [-0.4, -0.2) is 10.2 Å². The van der Waals surface area contributed by atoms with Gasteiger partial charge in [-0.25, -0.2) is 0 Å². The average Bonchev–Trinajstić information content (AvgIpc) is 2.71. The van der Waals surface area contributed by atoms with Gasteiger partial charge in [0.1, 0.15) is 0 Å². The van der Waals surface area contributed by atoms with Crippen LogP contribution in [0.2, 0.25) is 5.02 Å². The van der Waals surface area contributed by atoms with Gasteiger partial charge >= 0.3 is 0 Å². The summed E-state index contributed by atoms with van der Waals surface area (Å²) in [5.41, 5.74) is 2.18. The Labute approximate surface area is 93.5 Å². The van der Waals surface area contributed by atoms with Crippen LogP contribution in [0.3, 0.4) is 0 Å². The molecule has 0 saturated carbocycles. The molecule has 1 atom stereocenters. The number of anilines is 1. The van der Waals surface area contributed by atoms with E-state index >= 15 is 0 Å². The quantitative estimate of drug-likeness (QED) is 0.836. The fourth-order valence-corrected chi connectivity index (χ4v) is 1.54. The molecule has 0 fully saturated rings. The smallest absolute Gasteiger partial charge is 0.0728 e. The molecule has 1 aromatic carbocycles. The van der Waals surface area contributed by atoms with Crippen LogP contribution >= 0.6 is 11.6 Å². The lowest BCUT2D eigenvalue weighted by Crippen LogP contribution is -2.05. The summed E-state index contributed by atoms with van der Waals surface area (Å²) in [6.45, 7) is 2.09. The van der Waals surface area contributed by atoms with Crippen LogP contribution < -0.4 is 5.32 Å². The van der Waals surface area contributed by atoms with Crippen molar-refractivity contribution in [3.8, 4) is 0 Å². The van der Waals surface area contributed by atoms with Crippen LogP contribution in [0.1, 0.15) is 18.5 Å². The summed E-state index contributed by atoms with van der Waals surface area (Å²) in [7, 11) is 0. The van der Waals surface area contributed by atoms with E-state index in [-0.39, 0.29) is 6.04 Å². The van der Waals surface area contributed by atoms with E-state index in [0.29, 0.717) is 0 Å². The van der Waals surface area contributed by atoms with Crippen molar-refractivity contribution in [2.24, 2.45) is 0 Å². The van der Waals surface area contributed by atoms with Gasteiger partial charge in [0.2, 0.25) is 0 Å². The van der Waals surface area contributed by atoms with Crippen molar-refractivity contribution >= 4 is 17.3 Å². The minimum Gasteiger partial charge on any atom is -0.376 e. The zero-order chi connectivity index (χ0) is 10.7. The van der Waals surface area contributed by atoms with Crippen molar-refractivity contribution in [2.75, 3.05) is 5.32 Å². The van der Waals surface area contributed by atoms with Gasteiger partial charge in [-0.05, 0) is 24.6 Å². The topological polar surface area (TPSA) is 40.7 Å². The number of hydrogen-bond acceptors (Lipinski definition) is 2. The van der Waals surface area contributed by atoms with E-state index in [1.54, 1.807) is 6.20 Å². The van der Waals surface area contributed by atoms with Gasteiger partial charge in [-0.3, -0.25) is 5.10 Å². The highest BCUT2D eigenvalue weighted by atomic mass is 35.5.